The fourth-order valence-electron chi connectivity index (χ4n) is 1.24. The molecule has 0 aliphatic heterocycles. The van der Waals surface area contributed by atoms with Crippen molar-refractivity contribution in [2.75, 3.05) is 0 Å². The maximum Gasteiger partial charge on any atom is 0.375 e. The molecule has 0 aromatic carbocycles. The van der Waals surface area contributed by atoms with E-state index in [9.17, 15) is 4.79 Å². The molecule has 2 rings (SSSR count). The topological polar surface area (TPSA) is 85.8 Å². The van der Waals surface area contributed by atoms with E-state index in [1.807, 2.05) is 0 Å². The Morgan fingerprint density at radius 1 is 1.53 bits per heavy atom. The van der Waals surface area contributed by atoms with Gasteiger partial charge in [0.1, 0.15) is 11.5 Å². The normalized spacial score (nSPS) is 10.5. The highest BCUT2D eigenvalue weighted by Crippen LogP contribution is 2.07. The Balaban J connectivity index is 2.49. The average molecular weight is 207 g/mol. The molecule has 0 fully saturated rings. The lowest BCUT2D eigenvalue weighted by Crippen LogP contribution is -2.01. The molecular weight excluding hydrogens is 198 g/mol. The summed E-state index contributed by atoms with van der Waals surface area (Å²) in [6.45, 7) is 1.69. The SMILES string of the molecule is Cc1nc(C(=O)O)nn1-c1cnn(C)c1. The largest absolute Gasteiger partial charge is 0.475 e. The van der Waals surface area contributed by atoms with Gasteiger partial charge in [0, 0.05) is 7.05 Å². The zero-order chi connectivity index (χ0) is 11.0. The summed E-state index contributed by atoms with van der Waals surface area (Å²) >= 11 is 0. The molecular formula is C8H9N5O2. The number of aromatic carboxylic acids is 1. The Bertz CT molecular complexity index is 513. The van der Waals surface area contributed by atoms with Crippen LogP contribution >= 0.6 is 0 Å². The summed E-state index contributed by atoms with van der Waals surface area (Å²) in [5.74, 6) is -0.836. The summed E-state index contributed by atoms with van der Waals surface area (Å²) in [6.07, 6.45) is 3.32. The van der Waals surface area contributed by atoms with E-state index in [0.717, 1.165) is 0 Å². The summed E-state index contributed by atoms with van der Waals surface area (Å²) in [6, 6.07) is 0. The molecule has 0 amide bonds. The first kappa shape index (κ1) is 9.38. The number of aryl methyl sites for hydroxylation is 2. The van der Waals surface area contributed by atoms with Gasteiger partial charge in [0.15, 0.2) is 0 Å². The Hall–Kier alpha value is -2.18. The molecule has 15 heavy (non-hydrogen) atoms. The predicted molar refractivity (Wildman–Crippen MR) is 49.8 cm³/mol. The van der Waals surface area contributed by atoms with Gasteiger partial charge in [-0.25, -0.2) is 14.5 Å². The van der Waals surface area contributed by atoms with Gasteiger partial charge in [0.25, 0.3) is 5.82 Å². The summed E-state index contributed by atoms with van der Waals surface area (Å²) in [5.41, 5.74) is 0.690. The van der Waals surface area contributed by atoms with E-state index in [0.29, 0.717) is 11.5 Å². The lowest BCUT2D eigenvalue weighted by molar-refractivity contribution is 0.0683. The van der Waals surface area contributed by atoms with Crippen molar-refractivity contribution in [3.8, 4) is 5.69 Å². The summed E-state index contributed by atoms with van der Waals surface area (Å²) in [7, 11) is 1.77. The van der Waals surface area contributed by atoms with Crippen molar-refractivity contribution >= 4 is 5.97 Å². The van der Waals surface area contributed by atoms with Crippen molar-refractivity contribution in [3.63, 3.8) is 0 Å². The number of hydrogen-bond acceptors (Lipinski definition) is 4. The van der Waals surface area contributed by atoms with Crippen LogP contribution in [0.15, 0.2) is 12.4 Å². The molecule has 2 heterocycles. The quantitative estimate of drug-likeness (QED) is 0.749. The van der Waals surface area contributed by atoms with Crippen molar-refractivity contribution in [1.82, 2.24) is 24.5 Å². The van der Waals surface area contributed by atoms with Gasteiger partial charge in [-0.05, 0) is 6.92 Å². The lowest BCUT2D eigenvalue weighted by Gasteiger charge is -1.95. The van der Waals surface area contributed by atoms with E-state index in [1.165, 1.54) is 4.68 Å². The molecule has 0 bridgehead atoms. The minimum atomic E-state index is -1.14. The van der Waals surface area contributed by atoms with E-state index in [-0.39, 0.29) is 5.82 Å². The van der Waals surface area contributed by atoms with Crippen LogP contribution in [0.4, 0.5) is 0 Å². The molecule has 0 unspecified atom stereocenters. The second-order valence-corrected chi connectivity index (χ2v) is 3.07. The number of aromatic nitrogens is 5. The molecule has 78 valence electrons. The van der Waals surface area contributed by atoms with E-state index < -0.39 is 5.97 Å². The Morgan fingerprint density at radius 2 is 2.27 bits per heavy atom. The lowest BCUT2D eigenvalue weighted by atomic mass is 10.5. The number of carbonyl (C=O) groups is 1. The van der Waals surface area contributed by atoms with E-state index >= 15 is 0 Å². The van der Waals surface area contributed by atoms with Gasteiger partial charge < -0.3 is 5.11 Å². The van der Waals surface area contributed by atoms with Gasteiger partial charge in [0.2, 0.25) is 0 Å². The molecule has 1 N–H and O–H groups in total. The molecule has 7 heteroatoms. The van der Waals surface area contributed by atoms with E-state index in [1.54, 1.807) is 31.0 Å². The molecule has 7 nitrogen and oxygen atoms in total. The third-order valence-corrected chi connectivity index (χ3v) is 1.90. The van der Waals surface area contributed by atoms with E-state index in [4.69, 9.17) is 5.11 Å². The minimum Gasteiger partial charge on any atom is -0.475 e. The molecule has 2 aromatic heterocycles. The third-order valence-electron chi connectivity index (χ3n) is 1.90. The van der Waals surface area contributed by atoms with Crippen LogP contribution in [0.5, 0.6) is 0 Å². The molecule has 0 radical (unpaired) electrons. The molecule has 0 saturated carbocycles. The molecule has 2 aromatic rings. The van der Waals surface area contributed by atoms with Crippen molar-refractivity contribution in [1.29, 1.82) is 0 Å². The first-order valence-corrected chi connectivity index (χ1v) is 4.24. The summed E-state index contributed by atoms with van der Waals surface area (Å²) < 4.78 is 3.05. The van der Waals surface area contributed by atoms with Crippen LogP contribution in [0.1, 0.15) is 16.4 Å². The monoisotopic (exact) mass is 207 g/mol. The van der Waals surface area contributed by atoms with E-state index in [2.05, 4.69) is 15.2 Å². The van der Waals surface area contributed by atoms with Crippen LogP contribution in [0.2, 0.25) is 0 Å². The molecule has 0 spiro atoms. The van der Waals surface area contributed by atoms with Gasteiger partial charge in [-0.15, -0.1) is 5.10 Å². The van der Waals surface area contributed by atoms with Gasteiger partial charge in [-0.3, -0.25) is 4.68 Å². The third kappa shape index (κ3) is 1.58. The number of carboxylic acids is 1. The van der Waals surface area contributed by atoms with Crippen molar-refractivity contribution < 1.29 is 9.90 Å². The van der Waals surface area contributed by atoms with Crippen LogP contribution in [-0.2, 0) is 7.05 Å². The fourth-order valence-corrected chi connectivity index (χ4v) is 1.24. The second-order valence-electron chi connectivity index (χ2n) is 3.07. The highest BCUT2D eigenvalue weighted by atomic mass is 16.4. The zero-order valence-electron chi connectivity index (χ0n) is 8.25. The van der Waals surface area contributed by atoms with Crippen LogP contribution < -0.4 is 0 Å². The Morgan fingerprint density at radius 3 is 2.73 bits per heavy atom. The molecule has 0 atom stereocenters. The number of carboxylic acid groups (broad SMARTS) is 1. The van der Waals surface area contributed by atoms with Crippen LogP contribution in [0.25, 0.3) is 5.69 Å². The maximum atomic E-state index is 10.6. The number of hydrogen-bond donors (Lipinski definition) is 1. The molecule has 0 aliphatic rings. The highest BCUT2D eigenvalue weighted by Gasteiger charge is 2.14. The summed E-state index contributed by atoms with van der Waals surface area (Å²) in [4.78, 5) is 14.5. The maximum absolute atomic E-state index is 10.6. The summed E-state index contributed by atoms with van der Waals surface area (Å²) in [5, 5.41) is 16.5. The number of rotatable bonds is 2. The van der Waals surface area contributed by atoms with Crippen molar-refractivity contribution in [2.45, 2.75) is 6.92 Å². The van der Waals surface area contributed by atoms with Crippen LogP contribution in [0.3, 0.4) is 0 Å². The first-order chi connectivity index (χ1) is 7.08. The van der Waals surface area contributed by atoms with Gasteiger partial charge >= 0.3 is 5.97 Å². The van der Waals surface area contributed by atoms with Crippen molar-refractivity contribution in [2.24, 2.45) is 7.05 Å². The highest BCUT2D eigenvalue weighted by molar-refractivity contribution is 5.83. The van der Waals surface area contributed by atoms with Gasteiger partial charge in [-0.1, -0.05) is 0 Å². The number of nitrogens with zero attached hydrogens (tertiary/aromatic N) is 5. The Labute approximate surface area is 85.0 Å². The second kappa shape index (κ2) is 3.19. The standard InChI is InChI=1S/C8H9N5O2/c1-5-10-7(8(14)15)11-13(5)6-3-9-12(2)4-6/h3-4H,1-2H3,(H,14,15). The first-order valence-electron chi connectivity index (χ1n) is 4.24. The average Bonchev–Trinajstić information content (AvgIpc) is 2.71. The fraction of sp³-hybridized carbons (Fsp3) is 0.250. The zero-order valence-corrected chi connectivity index (χ0v) is 8.25. The van der Waals surface area contributed by atoms with Crippen LogP contribution in [-0.4, -0.2) is 35.6 Å². The predicted octanol–water partition coefficient (Wildman–Crippen LogP) is 0.00742. The molecule has 0 saturated heterocycles. The van der Waals surface area contributed by atoms with Crippen molar-refractivity contribution in [3.05, 3.63) is 24.0 Å². The minimum absolute atomic E-state index is 0.212. The van der Waals surface area contributed by atoms with Gasteiger partial charge in [-0.2, -0.15) is 5.10 Å². The smallest absolute Gasteiger partial charge is 0.375 e. The Kier molecular flexibility index (Phi) is 2.00. The van der Waals surface area contributed by atoms with Crippen LogP contribution in [0, 0.1) is 6.92 Å². The van der Waals surface area contributed by atoms with Gasteiger partial charge in [0.05, 0.1) is 12.4 Å². The molecule has 0 aliphatic carbocycles.